The van der Waals surface area contributed by atoms with Gasteiger partial charge in [0.05, 0.1) is 10.5 Å². The fourth-order valence-electron chi connectivity index (χ4n) is 2.93. The second-order valence-corrected chi connectivity index (χ2v) is 8.53. The summed E-state index contributed by atoms with van der Waals surface area (Å²) in [5, 5.41) is 2.99. The van der Waals surface area contributed by atoms with Crippen molar-refractivity contribution >= 4 is 31.7 Å². The van der Waals surface area contributed by atoms with Gasteiger partial charge in [-0.3, -0.25) is 4.79 Å². The van der Waals surface area contributed by atoms with Gasteiger partial charge < -0.3 is 5.32 Å². The van der Waals surface area contributed by atoms with Gasteiger partial charge in [-0.15, -0.1) is 0 Å². The zero-order valence-corrected chi connectivity index (χ0v) is 12.8. The monoisotopic (exact) mass is 343 g/mol. The summed E-state index contributed by atoms with van der Waals surface area (Å²) in [5.41, 5.74) is 0.180. The maximum Gasteiger partial charge on any atom is 0.253 e. The predicted molar refractivity (Wildman–Crippen MR) is 74.8 cm³/mol. The number of carbonyl (C=O) groups is 1. The van der Waals surface area contributed by atoms with Gasteiger partial charge in [0.25, 0.3) is 5.91 Å². The molecule has 4 rings (SSSR count). The van der Waals surface area contributed by atoms with Crippen LogP contribution in [0.4, 0.5) is 0 Å². The highest BCUT2D eigenvalue weighted by Gasteiger charge is 2.57. The first-order valence-corrected chi connectivity index (χ1v) is 8.80. The van der Waals surface area contributed by atoms with Crippen LogP contribution in [0.25, 0.3) is 0 Å². The van der Waals surface area contributed by atoms with Crippen molar-refractivity contribution in [1.82, 2.24) is 5.32 Å². The lowest BCUT2D eigenvalue weighted by atomic mass is 9.50. The normalized spacial score (nSPS) is 28.2. The van der Waals surface area contributed by atoms with Gasteiger partial charge in [0, 0.05) is 16.3 Å². The van der Waals surface area contributed by atoms with Gasteiger partial charge in [-0.1, -0.05) is 15.9 Å². The van der Waals surface area contributed by atoms with Crippen molar-refractivity contribution in [3.63, 3.8) is 0 Å². The number of nitrogens with one attached hydrogen (secondary N) is 1. The fraction of sp³-hybridized carbons (Fsp3) is 0.462. The Labute approximate surface area is 120 Å². The van der Waals surface area contributed by atoms with Crippen molar-refractivity contribution in [3.05, 3.63) is 28.2 Å². The minimum Gasteiger partial charge on any atom is -0.347 e. The van der Waals surface area contributed by atoms with Gasteiger partial charge in [-0.2, -0.15) is 0 Å². The molecule has 3 aliphatic rings. The summed E-state index contributed by atoms with van der Waals surface area (Å²) in [6, 6.07) is 4.72. The van der Waals surface area contributed by atoms with Crippen LogP contribution in [0.3, 0.4) is 0 Å². The van der Waals surface area contributed by atoms with Gasteiger partial charge in [0.15, 0.2) is 9.84 Å². The molecule has 1 aromatic carbocycles. The van der Waals surface area contributed by atoms with E-state index in [0.717, 1.165) is 31.4 Å². The van der Waals surface area contributed by atoms with E-state index in [0.29, 0.717) is 4.47 Å². The van der Waals surface area contributed by atoms with Crippen molar-refractivity contribution in [1.29, 1.82) is 0 Å². The number of halogens is 1. The molecular weight excluding hydrogens is 330 g/mol. The number of hydrogen-bond acceptors (Lipinski definition) is 3. The second kappa shape index (κ2) is 4.06. The first kappa shape index (κ1) is 13.1. The molecule has 0 radical (unpaired) electrons. The Hall–Kier alpha value is -0.880. The Kier molecular flexibility index (Phi) is 2.80. The van der Waals surface area contributed by atoms with Gasteiger partial charge in [0.1, 0.15) is 0 Å². The molecule has 4 nitrogen and oxygen atoms in total. The summed E-state index contributed by atoms with van der Waals surface area (Å²) in [6.45, 7) is 0. The smallest absolute Gasteiger partial charge is 0.253 e. The molecule has 0 heterocycles. The Morgan fingerprint density at radius 3 is 2.47 bits per heavy atom. The standard InChI is InChI=1S/C13H14BrNO3S/c1-19(17,18)11-4-9(14)2-3-10(11)12(16)15-13-5-8(6-13)7-13/h2-4,8H,5-7H2,1H3,(H,15,16). The van der Waals surface area contributed by atoms with Crippen molar-refractivity contribution in [2.45, 2.75) is 29.7 Å². The molecule has 0 aliphatic heterocycles. The van der Waals surface area contributed by atoms with Crippen molar-refractivity contribution in [2.75, 3.05) is 6.26 Å². The summed E-state index contributed by atoms with van der Waals surface area (Å²) < 4.78 is 24.2. The van der Waals surface area contributed by atoms with Crippen LogP contribution in [0.5, 0.6) is 0 Å². The summed E-state index contributed by atoms with van der Waals surface area (Å²) in [5.74, 6) is 0.477. The lowest BCUT2D eigenvalue weighted by Gasteiger charge is -2.61. The van der Waals surface area contributed by atoms with Crippen LogP contribution >= 0.6 is 15.9 Å². The largest absolute Gasteiger partial charge is 0.347 e. The van der Waals surface area contributed by atoms with Gasteiger partial charge in [-0.25, -0.2) is 8.42 Å². The maximum atomic E-state index is 12.3. The number of amides is 1. The molecule has 102 valence electrons. The van der Waals surface area contributed by atoms with E-state index in [1.54, 1.807) is 12.1 Å². The van der Waals surface area contributed by atoms with E-state index in [9.17, 15) is 13.2 Å². The third-order valence-electron chi connectivity index (χ3n) is 4.00. The molecule has 6 heteroatoms. The molecule has 3 fully saturated rings. The van der Waals surface area contributed by atoms with Crippen molar-refractivity contribution < 1.29 is 13.2 Å². The lowest BCUT2D eigenvalue weighted by molar-refractivity contribution is -0.0439. The molecule has 0 aromatic heterocycles. The van der Waals surface area contributed by atoms with E-state index < -0.39 is 9.84 Å². The Morgan fingerprint density at radius 1 is 1.37 bits per heavy atom. The minimum atomic E-state index is -3.42. The number of hydrogen-bond donors (Lipinski definition) is 1. The minimum absolute atomic E-state index is 0.0520. The molecule has 1 amide bonds. The molecule has 1 aromatic rings. The lowest BCUT2D eigenvalue weighted by Crippen LogP contribution is -2.68. The molecule has 3 saturated carbocycles. The zero-order valence-electron chi connectivity index (χ0n) is 10.4. The summed E-state index contributed by atoms with van der Waals surface area (Å²) >= 11 is 3.24. The SMILES string of the molecule is CS(=O)(=O)c1cc(Br)ccc1C(=O)NC12CC(C1)C2. The molecule has 0 saturated heterocycles. The quantitative estimate of drug-likeness (QED) is 0.914. The van der Waals surface area contributed by atoms with Crippen LogP contribution in [0.15, 0.2) is 27.6 Å². The first-order valence-electron chi connectivity index (χ1n) is 6.11. The number of rotatable bonds is 3. The Balaban J connectivity index is 1.93. The van der Waals surface area contributed by atoms with E-state index in [1.807, 2.05) is 0 Å². The van der Waals surface area contributed by atoms with Gasteiger partial charge in [0.2, 0.25) is 0 Å². The zero-order chi connectivity index (χ0) is 13.8. The van der Waals surface area contributed by atoms with Crippen LogP contribution in [0.2, 0.25) is 0 Å². The summed E-state index contributed by atoms with van der Waals surface area (Å²) in [4.78, 5) is 12.3. The van der Waals surface area contributed by atoms with Gasteiger partial charge >= 0.3 is 0 Å². The third-order valence-corrected chi connectivity index (χ3v) is 5.63. The number of sulfone groups is 1. The highest BCUT2D eigenvalue weighted by molar-refractivity contribution is 9.10. The Morgan fingerprint density at radius 2 is 2.00 bits per heavy atom. The van der Waals surface area contributed by atoms with Crippen LogP contribution in [-0.2, 0) is 9.84 Å². The molecular formula is C13H14BrNO3S. The van der Waals surface area contributed by atoms with Crippen molar-refractivity contribution in [3.8, 4) is 0 Å². The molecule has 0 atom stereocenters. The van der Waals surface area contributed by atoms with E-state index in [-0.39, 0.29) is 21.9 Å². The van der Waals surface area contributed by atoms with Crippen LogP contribution in [0, 0.1) is 5.92 Å². The molecule has 19 heavy (non-hydrogen) atoms. The molecule has 0 spiro atoms. The summed E-state index contributed by atoms with van der Waals surface area (Å²) in [7, 11) is -3.42. The van der Waals surface area contributed by atoms with Gasteiger partial charge in [-0.05, 0) is 43.4 Å². The number of benzene rings is 1. The van der Waals surface area contributed by atoms with E-state index >= 15 is 0 Å². The highest BCUT2D eigenvalue weighted by Crippen LogP contribution is 2.57. The first-order chi connectivity index (χ1) is 8.79. The maximum absolute atomic E-state index is 12.3. The second-order valence-electron chi connectivity index (χ2n) is 5.63. The van der Waals surface area contributed by atoms with Crippen LogP contribution < -0.4 is 5.32 Å². The van der Waals surface area contributed by atoms with Crippen LogP contribution in [0.1, 0.15) is 29.6 Å². The molecule has 0 unspecified atom stereocenters. The van der Waals surface area contributed by atoms with E-state index in [4.69, 9.17) is 0 Å². The van der Waals surface area contributed by atoms with E-state index in [1.165, 1.54) is 6.07 Å². The van der Waals surface area contributed by atoms with Crippen LogP contribution in [-0.4, -0.2) is 26.1 Å². The predicted octanol–water partition coefficient (Wildman–Crippen LogP) is 2.13. The Bertz CT molecular complexity index is 651. The molecule has 2 bridgehead atoms. The average molecular weight is 344 g/mol. The highest BCUT2D eigenvalue weighted by atomic mass is 79.9. The van der Waals surface area contributed by atoms with E-state index in [2.05, 4.69) is 21.2 Å². The molecule has 1 N–H and O–H groups in total. The van der Waals surface area contributed by atoms with Crippen molar-refractivity contribution in [2.24, 2.45) is 5.92 Å². The average Bonchev–Trinajstić information content (AvgIpc) is 2.20. The third kappa shape index (κ3) is 2.21. The molecule has 3 aliphatic carbocycles. The summed E-state index contributed by atoms with van der Waals surface area (Å²) in [6.07, 6.45) is 4.21. The number of carbonyl (C=O) groups excluding carboxylic acids is 1. The fourth-order valence-corrected chi connectivity index (χ4v) is 4.34. The topological polar surface area (TPSA) is 63.2 Å².